The van der Waals surface area contributed by atoms with Gasteiger partial charge < -0.3 is 10.1 Å². The number of aryl methyl sites for hydroxylation is 1. The normalized spacial score (nSPS) is 11.1. The van der Waals surface area contributed by atoms with Crippen LogP contribution >= 0.6 is 11.6 Å². The Balaban J connectivity index is 1.73. The molecule has 1 amide bonds. The molecule has 6 nitrogen and oxygen atoms in total. The van der Waals surface area contributed by atoms with E-state index in [1.54, 1.807) is 31.4 Å². The number of hydrogen-bond donors (Lipinski definition) is 1. The van der Waals surface area contributed by atoms with Gasteiger partial charge in [0.05, 0.1) is 19.1 Å². The van der Waals surface area contributed by atoms with Crippen LogP contribution in [0.25, 0.3) is 0 Å². The van der Waals surface area contributed by atoms with Gasteiger partial charge in [-0.1, -0.05) is 29.8 Å². The maximum atomic E-state index is 12.1. The fraction of sp³-hybridized carbons (Fsp3) is 0.381. The van der Waals surface area contributed by atoms with Gasteiger partial charge in [0.15, 0.2) is 0 Å². The van der Waals surface area contributed by atoms with Crippen LogP contribution < -0.4 is 14.4 Å². The van der Waals surface area contributed by atoms with E-state index < -0.39 is 10.0 Å². The molecule has 0 saturated heterocycles. The fourth-order valence-electron chi connectivity index (χ4n) is 2.90. The van der Waals surface area contributed by atoms with Crippen molar-refractivity contribution in [2.75, 3.05) is 30.8 Å². The molecule has 0 aliphatic carbocycles. The van der Waals surface area contributed by atoms with E-state index in [-0.39, 0.29) is 18.9 Å². The minimum absolute atomic E-state index is 0.0840. The van der Waals surface area contributed by atoms with Crippen molar-refractivity contribution in [2.45, 2.75) is 25.7 Å². The lowest BCUT2D eigenvalue weighted by molar-refractivity contribution is -0.121. The summed E-state index contributed by atoms with van der Waals surface area (Å²) < 4.78 is 30.6. The number of hydrogen-bond acceptors (Lipinski definition) is 4. The van der Waals surface area contributed by atoms with Crippen molar-refractivity contribution in [2.24, 2.45) is 0 Å². The van der Waals surface area contributed by atoms with Crippen molar-refractivity contribution in [3.8, 4) is 5.75 Å². The maximum Gasteiger partial charge on any atom is 0.232 e. The molecule has 158 valence electrons. The molecule has 0 heterocycles. The van der Waals surface area contributed by atoms with E-state index in [1.807, 2.05) is 24.3 Å². The SMILES string of the molecule is COc1ccc(CCCNC(=O)CCCN(c2cccc(Cl)c2)S(C)(=O)=O)cc1. The summed E-state index contributed by atoms with van der Waals surface area (Å²) in [6.07, 6.45) is 3.52. The van der Waals surface area contributed by atoms with E-state index in [4.69, 9.17) is 16.3 Å². The largest absolute Gasteiger partial charge is 0.497 e. The number of nitrogens with zero attached hydrogens (tertiary/aromatic N) is 1. The predicted octanol–water partition coefficient (Wildman–Crippen LogP) is 3.64. The molecule has 2 rings (SSSR count). The molecule has 2 aromatic rings. The molecule has 0 atom stereocenters. The minimum atomic E-state index is -3.46. The molecule has 29 heavy (non-hydrogen) atoms. The first kappa shape index (κ1) is 23.0. The van der Waals surface area contributed by atoms with Crippen LogP contribution in [0, 0.1) is 0 Å². The van der Waals surface area contributed by atoms with E-state index in [0.29, 0.717) is 23.7 Å². The van der Waals surface area contributed by atoms with Gasteiger partial charge in [-0.15, -0.1) is 0 Å². The lowest BCUT2D eigenvalue weighted by Gasteiger charge is -2.22. The molecule has 2 aromatic carbocycles. The van der Waals surface area contributed by atoms with Crippen LogP contribution in [0.4, 0.5) is 5.69 Å². The standard InChI is InChI=1S/C21H27ClN2O4S/c1-28-20-12-10-17(11-13-20)6-4-14-23-21(25)9-5-15-24(29(2,26)27)19-8-3-7-18(22)16-19/h3,7-8,10-13,16H,4-6,9,14-15H2,1-2H3,(H,23,25). The number of carbonyl (C=O) groups is 1. The smallest absolute Gasteiger partial charge is 0.232 e. The summed E-state index contributed by atoms with van der Waals surface area (Å²) in [4.78, 5) is 12.0. The Kier molecular flexibility index (Phi) is 8.79. The number of anilines is 1. The van der Waals surface area contributed by atoms with Gasteiger partial charge in [-0.2, -0.15) is 0 Å². The van der Waals surface area contributed by atoms with Gasteiger partial charge in [0.25, 0.3) is 0 Å². The lowest BCUT2D eigenvalue weighted by atomic mass is 10.1. The third kappa shape index (κ3) is 7.95. The van der Waals surface area contributed by atoms with Crippen LogP contribution in [0.2, 0.25) is 5.02 Å². The first-order valence-corrected chi connectivity index (χ1v) is 11.6. The van der Waals surface area contributed by atoms with Crippen LogP contribution in [0.3, 0.4) is 0 Å². The monoisotopic (exact) mass is 438 g/mol. The van der Waals surface area contributed by atoms with Gasteiger partial charge in [0.1, 0.15) is 5.75 Å². The molecule has 0 aliphatic heterocycles. The Bertz CT molecular complexity index is 901. The van der Waals surface area contributed by atoms with E-state index >= 15 is 0 Å². The average molecular weight is 439 g/mol. The minimum Gasteiger partial charge on any atom is -0.497 e. The highest BCUT2D eigenvalue weighted by molar-refractivity contribution is 7.92. The number of methoxy groups -OCH3 is 1. The van der Waals surface area contributed by atoms with Gasteiger partial charge in [0.2, 0.25) is 15.9 Å². The number of ether oxygens (including phenoxy) is 1. The second-order valence-corrected chi connectivity index (χ2v) is 9.06. The molecule has 0 fully saturated rings. The molecule has 0 aliphatic rings. The molecule has 8 heteroatoms. The van der Waals surface area contributed by atoms with Crippen LogP contribution in [-0.4, -0.2) is 40.8 Å². The average Bonchev–Trinajstić information content (AvgIpc) is 2.68. The first-order chi connectivity index (χ1) is 13.8. The molecule has 1 N–H and O–H groups in total. The maximum absolute atomic E-state index is 12.1. The summed E-state index contributed by atoms with van der Waals surface area (Å²) >= 11 is 5.96. The number of amides is 1. The third-order valence-electron chi connectivity index (χ3n) is 4.39. The first-order valence-electron chi connectivity index (χ1n) is 9.42. The summed E-state index contributed by atoms with van der Waals surface area (Å²) in [5, 5.41) is 3.35. The van der Waals surface area contributed by atoms with Crippen molar-refractivity contribution in [3.63, 3.8) is 0 Å². The zero-order chi connectivity index (χ0) is 21.3. The number of halogens is 1. The summed E-state index contributed by atoms with van der Waals surface area (Å²) in [5.74, 6) is 0.738. The highest BCUT2D eigenvalue weighted by Gasteiger charge is 2.17. The number of rotatable bonds is 11. The van der Waals surface area contributed by atoms with Crippen molar-refractivity contribution in [1.82, 2.24) is 5.32 Å². The Morgan fingerprint density at radius 2 is 1.86 bits per heavy atom. The molecule has 0 bridgehead atoms. The van der Waals surface area contributed by atoms with Crippen molar-refractivity contribution < 1.29 is 17.9 Å². The van der Waals surface area contributed by atoms with E-state index in [2.05, 4.69) is 5.32 Å². The Morgan fingerprint density at radius 3 is 2.48 bits per heavy atom. The summed E-state index contributed by atoms with van der Waals surface area (Å²) in [7, 11) is -1.82. The Morgan fingerprint density at radius 1 is 1.14 bits per heavy atom. The van der Waals surface area contributed by atoms with E-state index in [9.17, 15) is 13.2 Å². The highest BCUT2D eigenvalue weighted by atomic mass is 35.5. The number of sulfonamides is 1. The van der Waals surface area contributed by atoms with Crippen LogP contribution in [-0.2, 0) is 21.2 Å². The van der Waals surface area contributed by atoms with Crippen LogP contribution in [0.15, 0.2) is 48.5 Å². The van der Waals surface area contributed by atoms with E-state index in [0.717, 1.165) is 24.8 Å². The molecular formula is C21H27ClN2O4S. The Hall–Kier alpha value is -2.25. The summed E-state index contributed by atoms with van der Waals surface area (Å²) in [6.45, 7) is 0.799. The van der Waals surface area contributed by atoms with Gasteiger partial charge >= 0.3 is 0 Å². The number of benzene rings is 2. The zero-order valence-electron chi connectivity index (χ0n) is 16.7. The topological polar surface area (TPSA) is 75.7 Å². The second kappa shape index (κ2) is 11.1. The number of carbonyl (C=O) groups excluding carboxylic acids is 1. The van der Waals surface area contributed by atoms with Crippen molar-refractivity contribution >= 4 is 33.2 Å². The third-order valence-corrected chi connectivity index (χ3v) is 5.81. The summed E-state index contributed by atoms with van der Waals surface area (Å²) in [5.41, 5.74) is 1.69. The molecule has 0 unspecified atom stereocenters. The molecule has 0 aromatic heterocycles. The molecule has 0 radical (unpaired) electrons. The fourth-order valence-corrected chi connectivity index (χ4v) is 4.04. The molecule has 0 saturated carbocycles. The summed E-state index contributed by atoms with van der Waals surface area (Å²) in [6, 6.07) is 14.5. The van der Waals surface area contributed by atoms with Gasteiger partial charge in [-0.05, 0) is 55.2 Å². The van der Waals surface area contributed by atoms with Crippen molar-refractivity contribution in [3.05, 3.63) is 59.1 Å². The van der Waals surface area contributed by atoms with Crippen LogP contribution in [0.1, 0.15) is 24.8 Å². The van der Waals surface area contributed by atoms with Gasteiger partial charge in [-0.3, -0.25) is 9.10 Å². The lowest BCUT2D eigenvalue weighted by Crippen LogP contribution is -2.32. The van der Waals surface area contributed by atoms with Crippen LogP contribution in [0.5, 0.6) is 5.75 Å². The number of nitrogens with one attached hydrogen (secondary N) is 1. The second-order valence-electron chi connectivity index (χ2n) is 6.72. The predicted molar refractivity (Wildman–Crippen MR) is 117 cm³/mol. The van der Waals surface area contributed by atoms with Gasteiger partial charge in [-0.25, -0.2) is 8.42 Å². The van der Waals surface area contributed by atoms with Gasteiger partial charge in [0, 0.05) is 24.5 Å². The molecule has 0 spiro atoms. The van der Waals surface area contributed by atoms with Crippen molar-refractivity contribution in [1.29, 1.82) is 0 Å². The highest BCUT2D eigenvalue weighted by Crippen LogP contribution is 2.22. The van der Waals surface area contributed by atoms with E-state index in [1.165, 1.54) is 9.87 Å². The Labute approximate surface area is 177 Å². The zero-order valence-corrected chi connectivity index (χ0v) is 18.3. The quantitative estimate of drug-likeness (QED) is 0.543. The molecular weight excluding hydrogens is 412 g/mol.